The van der Waals surface area contributed by atoms with E-state index in [-0.39, 0.29) is 5.91 Å². The molecule has 5 heteroatoms. The van der Waals surface area contributed by atoms with Crippen LogP contribution in [0.15, 0.2) is 58.3 Å². The minimum absolute atomic E-state index is 0.200. The van der Waals surface area contributed by atoms with Crippen molar-refractivity contribution in [1.82, 2.24) is 10.3 Å². The summed E-state index contributed by atoms with van der Waals surface area (Å²) in [5.74, 6) is 0.173. The van der Waals surface area contributed by atoms with Crippen LogP contribution in [0, 0.1) is 13.8 Å². The van der Waals surface area contributed by atoms with Gasteiger partial charge in [-0.05, 0) is 31.5 Å². The molecular weight excluding hydrogens is 344 g/mol. The van der Waals surface area contributed by atoms with Crippen LogP contribution in [0.2, 0.25) is 0 Å². The minimum atomic E-state index is -0.200. The summed E-state index contributed by atoms with van der Waals surface area (Å²) >= 11 is 1.62. The van der Waals surface area contributed by atoms with Gasteiger partial charge in [-0.25, -0.2) is 4.98 Å². The number of hydrogen-bond acceptors (Lipinski definition) is 4. The molecular formula is C21H18N2O2S. The third-order valence-corrected chi connectivity index (χ3v) is 5.31. The zero-order chi connectivity index (χ0) is 18.1. The van der Waals surface area contributed by atoms with Crippen molar-refractivity contribution >= 4 is 28.2 Å². The largest absolute Gasteiger partial charge is 0.451 e. The molecule has 0 atom stereocenters. The van der Waals surface area contributed by atoms with E-state index in [0.717, 1.165) is 38.4 Å². The van der Waals surface area contributed by atoms with Crippen molar-refractivity contribution in [3.8, 4) is 10.6 Å². The maximum atomic E-state index is 12.6. The van der Waals surface area contributed by atoms with Gasteiger partial charge in [-0.3, -0.25) is 4.79 Å². The fourth-order valence-electron chi connectivity index (χ4n) is 2.95. The first-order valence-corrected chi connectivity index (χ1v) is 9.27. The van der Waals surface area contributed by atoms with Crippen LogP contribution in [-0.2, 0) is 6.54 Å². The summed E-state index contributed by atoms with van der Waals surface area (Å²) < 4.78 is 5.72. The molecule has 2 heterocycles. The zero-order valence-electron chi connectivity index (χ0n) is 14.6. The van der Waals surface area contributed by atoms with Crippen LogP contribution in [-0.4, -0.2) is 10.9 Å². The number of amides is 1. The first-order valence-electron chi connectivity index (χ1n) is 8.39. The van der Waals surface area contributed by atoms with Gasteiger partial charge in [0, 0.05) is 34.1 Å². The topological polar surface area (TPSA) is 55.1 Å². The normalized spacial score (nSPS) is 11.0. The van der Waals surface area contributed by atoms with Gasteiger partial charge in [-0.2, -0.15) is 0 Å². The number of carbonyl (C=O) groups is 1. The van der Waals surface area contributed by atoms with Gasteiger partial charge in [-0.1, -0.05) is 36.4 Å². The summed E-state index contributed by atoms with van der Waals surface area (Å²) in [5.41, 5.74) is 4.71. The molecule has 0 aliphatic rings. The Kier molecular flexibility index (Phi) is 4.31. The van der Waals surface area contributed by atoms with Gasteiger partial charge in [0.25, 0.3) is 5.91 Å². The number of aryl methyl sites for hydroxylation is 2. The highest BCUT2D eigenvalue weighted by Gasteiger charge is 2.17. The summed E-state index contributed by atoms with van der Waals surface area (Å²) in [6.45, 7) is 4.33. The average molecular weight is 362 g/mol. The summed E-state index contributed by atoms with van der Waals surface area (Å²) in [4.78, 5) is 17.1. The second kappa shape index (κ2) is 6.77. The van der Waals surface area contributed by atoms with Crippen molar-refractivity contribution in [3.05, 3.63) is 76.5 Å². The van der Waals surface area contributed by atoms with E-state index in [1.807, 2.05) is 61.7 Å². The van der Waals surface area contributed by atoms with Gasteiger partial charge in [0.05, 0.1) is 0 Å². The molecule has 4 aromatic rings. The number of fused-ring (bicyclic) bond motifs is 1. The number of furan rings is 1. The van der Waals surface area contributed by atoms with Crippen LogP contribution < -0.4 is 5.32 Å². The number of hydrogen-bond donors (Lipinski definition) is 1. The van der Waals surface area contributed by atoms with Gasteiger partial charge in [0.15, 0.2) is 5.76 Å². The Morgan fingerprint density at radius 1 is 1.15 bits per heavy atom. The quantitative estimate of drug-likeness (QED) is 0.549. The Morgan fingerprint density at radius 3 is 2.77 bits per heavy atom. The molecule has 0 bridgehead atoms. The van der Waals surface area contributed by atoms with E-state index >= 15 is 0 Å². The van der Waals surface area contributed by atoms with Crippen LogP contribution in [0.5, 0.6) is 0 Å². The number of thiazole rings is 1. The first kappa shape index (κ1) is 16.5. The van der Waals surface area contributed by atoms with Gasteiger partial charge in [-0.15, -0.1) is 11.3 Å². The first-order chi connectivity index (χ1) is 12.6. The molecule has 1 amide bonds. The highest BCUT2D eigenvalue weighted by molar-refractivity contribution is 7.13. The number of nitrogens with one attached hydrogen (secondary N) is 1. The second-order valence-corrected chi connectivity index (χ2v) is 7.09. The van der Waals surface area contributed by atoms with Crippen LogP contribution in [0.4, 0.5) is 0 Å². The smallest absolute Gasteiger partial charge is 0.287 e. The van der Waals surface area contributed by atoms with Crippen LogP contribution >= 0.6 is 11.3 Å². The molecule has 0 radical (unpaired) electrons. The fraction of sp³-hybridized carbons (Fsp3) is 0.143. The van der Waals surface area contributed by atoms with Crippen molar-refractivity contribution < 1.29 is 9.21 Å². The molecule has 26 heavy (non-hydrogen) atoms. The Labute approximate surface area is 155 Å². The number of carbonyl (C=O) groups excluding carboxylic acids is 1. The lowest BCUT2D eigenvalue weighted by Gasteiger charge is -2.06. The van der Waals surface area contributed by atoms with E-state index in [2.05, 4.69) is 16.4 Å². The van der Waals surface area contributed by atoms with Crippen molar-refractivity contribution in [2.45, 2.75) is 20.4 Å². The number of benzene rings is 2. The van der Waals surface area contributed by atoms with Crippen molar-refractivity contribution in [2.24, 2.45) is 0 Å². The molecule has 130 valence electrons. The second-order valence-electron chi connectivity index (χ2n) is 6.23. The molecule has 0 spiro atoms. The summed E-state index contributed by atoms with van der Waals surface area (Å²) in [5, 5.41) is 6.95. The number of aromatic nitrogens is 1. The standard InChI is InChI=1S/C21H18N2O2S/c1-13-12-26-21(23-13)16-7-5-6-15(10-16)11-22-20(24)19-14(2)17-8-3-4-9-18(17)25-19/h3-10,12H,11H2,1-2H3,(H,22,24). The molecule has 4 rings (SSSR count). The third kappa shape index (κ3) is 3.13. The summed E-state index contributed by atoms with van der Waals surface area (Å²) in [6.07, 6.45) is 0. The molecule has 0 unspecified atom stereocenters. The average Bonchev–Trinajstić information content (AvgIpc) is 3.24. The molecule has 0 fully saturated rings. The van der Waals surface area contributed by atoms with Gasteiger partial charge >= 0.3 is 0 Å². The highest BCUT2D eigenvalue weighted by Crippen LogP contribution is 2.26. The predicted octanol–water partition coefficient (Wildman–Crippen LogP) is 5.10. The number of rotatable bonds is 4. The lowest BCUT2D eigenvalue weighted by atomic mass is 10.1. The maximum Gasteiger partial charge on any atom is 0.287 e. The van der Waals surface area contributed by atoms with Crippen molar-refractivity contribution in [2.75, 3.05) is 0 Å². The van der Waals surface area contributed by atoms with E-state index in [4.69, 9.17) is 4.42 Å². The van der Waals surface area contributed by atoms with Gasteiger partial charge < -0.3 is 9.73 Å². The van der Waals surface area contributed by atoms with Crippen LogP contribution in [0.1, 0.15) is 27.4 Å². The highest BCUT2D eigenvalue weighted by atomic mass is 32.1. The zero-order valence-corrected chi connectivity index (χ0v) is 15.4. The number of para-hydroxylation sites is 1. The maximum absolute atomic E-state index is 12.6. The lowest BCUT2D eigenvalue weighted by molar-refractivity contribution is 0.0924. The van der Waals surface area contributed by atoms with Crippen molar-refractivity contribution in [3.63, 3.8) is 0 Å². The Balaban J connectivity index is 1.51. The summed E-state index contributed by atoms with van der Waals surface area (Å²) in [6, 6.07) is 15.8. The molecule has 0 saturated carbocycles. The van der Waals surface area contributed by atoms with E-state index in [0.29, 0.717) is 12.3 Å². The van der Waals surface area contributed by atoms with E-state index < -0.39 is 0 Å². The predicted molar refractivity (Wildman–Crippen MR) is 104 cm³/mol. The Bertz CT molecular complexity index is 1090. The monoisotopic (exact) mass is 362 g/mol. The Hall–Kier alpha value is -2.92. The Morgan fingerprint density at radius 2 is 2.00 bits per heavy atom. The SMILES string of the molecule is Cc1csc(-c2cccc(CNC(=O)c3oc4ccccc4c3C)c2)n1. The van der Waals surface area contributed by atoms with Gasteiger partial charge in [0.2, 0.25) is 0 Å². The summed E-state index contributed by atoms with van der Waals surface area (Å²) in [7, 11) is 0. The van der Waals surface area contributed by atoms with E-state index in [9.17, 15) is 4.79 Å². The molecule has 0 saturated heterocycles. The molecule has 2 aromatic heterocycles. The third-order valence-electron chi connectivity index (χ3n) is 4.30. The molecule has 0 aliphatic carbocycles. The van der Waals surface area contributed by atoms with Gasteiger partial charge in [0.1, 0.15) is 10.6 Å². The fourth-order valence-corrected chi connectivity index (χ4v) is 3.75. The molecule has 4 nitrogen and oxygen atoms in total. The van der Waals surface area contributed by atoms with E-state index in [1.165, 1.54) is 0 Å². The number of nitrogens with zero attached hydrogens (tertiary/aromatic N) is 1. The molecule has 0 aliphatic heterocycles. The molecule has 1 N–H and O–H groups in total. The van der Waals surface area contributed by atoms with E-state index in [1.54, 1.807) is 11.3 Å². The molecule has 2 aromatic carbocycles. The minimum Gasteiger partial charge on any atom is -0.451 e. The lowest BCUT2D eigenvalue weighted by Crippen LogP contribution is -2.22. The van der Waals surface area contributed by atoms with Crippen LogP contribution in [0.3, 0.4) is 0 Å². The van der Waals surface area contributed by atoms with Crippen molar-refractivity contribution in [1.29, 1.82) is 0 Å². The van der Waals surface area contributed by atoms with Crippen LogP contribution in [0.25, 0.3) is 21.5 Å².